The van der Waals surface area contributed by atoms with E-state index in [9.17, 15) is 5.26 Å². The van der Waals surface area contributed by atoms with Gasteiger partial charge in [0.05, 0.1) is 16.7 Å². The predicted octanol–water partition coefficient (Wildman–Crippen LogP) is 4.32. The smallest absolute Gasteiger partial charge is 0.116 e. The van der Waals surface area contributed by atoms with E-state index in [2.05, 4.69) is 11.1 Å². The Morgan fingerprint density at radius 1 is 1.25 bits per heavy atom. The maximum absolute atomic E-state index is 9.27. The van der Waals surface area contributed by atoms with Gasteiger partial charge < -0.3 is 5.41 Å². The van der Waals surface area contributed by atoms with Crippen molar-refractivity contribution in [3.8, 4) is 6.07 Å². The predicted molar refractivity (Wildman–Crippen MR) is 89.0 cm³/mol. The molecule has 1 unspecified atom stereocenters. The quantitative estimate of drug-likeness (QED) is 0.882. The van der Waals surface area contributed by atoms with E-state index in [0.29, 0.717) is 21.3 Å². The van der Waals surface area contributed by atoms with Gasteiger partial charge in [0.1, 0.15) is 16.7 Å². The van der Waals surface area contributed by atoms with E-state index in [1.807, 2.05) is 24.6 Å². The Kier molecular flexibility index (Phi) is 4.92. The molecule has 0 fully saturated rings. The van der Waals surface area contributed by atoms with E-state index in [4.69, 9.17) is 17.0 Å². The van der Waals surface area contributed by atoms with Gasteiger partial charge in [-0.05, 0) is 30.2 Å². The summed E-state index contributed by atoms with van der Waals surface area (Å²) < 4.78 is 0. The van der Waals surface area contributed by atoms with Crippen LogP contribution in [0.25, 0.3) is 0 Å². The molecule has 6 heteroatoms. The summed E-state index contributed by atoms with van der Waals surface area (Å²) in [5.74, 6) is -0.284. The van der Waals surface area contributed by atoms with Gasteiger partial charge >= 0.3 is 0 Å². The molecule has 1 N–H and O–H groups in total. The van der Waals surface area contributed by atoms with E-state index >= 15 is 0 Å². The molecule has 2 rings (SSSR count). The highest BCUT2D eigenvalue weighted by Crippen LogP contribution is 2.36. The molecule has 102 valence electrons. The fourth-order valence-electron chi connectivity index (χ4n) is 1.99. The van der Waals surface area contributed by atoms with Crippen LogP contribution in [-0.4, -0.2) is 23.3 Å². The van der Waals surface area contributed by atoms with Gasteiger partial charge in [-0.1, -0.05) is 23.7 Å². The molecule has 3 nitrogen and oxygen atoms in total. The third-order valence-corrected chi connectivity index (χ3v) is 4.63. The lowest BCUT2D eigenvalue weighted by Gasteiger charge is -2.24. The van der Waals surface area contributed by atoms with Gasteiger partial charge in [-0.2, -0.15) is 5.26 Å². The third-order valence-electron chi connectivity index (χ3n) is 2.95. The fraction of sp³-hybridized carbons (Fsp3) is 0.214. The van der Waals surface area contributed by atoms with Crippen molar-refractivity contribution >= 4 is 45.9 Å². The maximum Gasteiger partial charge on any atom is 0.116 e. The third kappa shape index (κ3) is 2.78. The topological polar surface area (TPSA) is 60.0 Å². The number of nitriles is 1. The second-order valence-electron chi connectivity index (χ2n) is 4.05. The molecule has 20 heavy (non-hydrogen) atoms. The standard InChI is InChI=1S/C14H12ClN3S2/c1-19-13-10(7-16)12(17)11(14(18-13)20-2)8-3-5-9(15)6-4-8/h3-6,11,17H,1-2H3. The fourth-order valence-corrected chi connectivity index (χ4v) is 3.39. The van der Waals surface area contributed by atoms with Crippen molar-refractivity contribution in [2.45, 2.75) is 5.92 Å². The Bertz CT molecular complexity index is 641. The number of halogens is 1. The number of benzene rings is 1. The molecule has 0 saturated carbocycles. The lowest BCUT2D eigenvalue weighted by molar-refractivity contribution is 1.15. The second-order valence-corrected chi connectivity index (χ2v) is 6.11. The van der Waals surface area contributed by atoms with Gasteiger partial charge in [0.25, 0.3) is 0 Å². The first kappa shape index (κ1) is 15.2. The highest BCUT2D eigenvalue weighted by atomic mass is 35.5. The molecule has 1 aliphatic heterocycles. The lowest BCUT2D eigenvalue weighted by Crippen LogP contribution is -2.24. The molecule has 1 aliphatic rings. The van der Waals surface area contributed by atoms with Crippen LogP contribution in [-0.2, 0) is 0 Å². The van der Waals surface area contributed by atoms with Crippen LogP contribution in [0, 0.1) is 16.7 Å². The molecule has 0 aromatic heterocycles. The summed E-state index contributed by atoms with van der Waals surface area (Å²) in [5.41, 5.74) is 1.59. The average Bonchev–Trinajstić information content (AvgIpc) is 2.47. The number of hydrogen-bond donors (Lipinski definition) is 1. The van der Waals surface area contributed by atoms with Gasteiger partial charge in [0, 0.05) is 5.02 Å². The van der Waals surface area contributed by atoms with Gasteiger partial charge in [0.15, 0.2) is 0 Å². The molecule has 0 bridgehead atoms. The van der Waals surface area contributed by atoms with Crippen LogP contribution in [0.4, 0.5) is 0 Å². The largest absolute Gasteiger partial charge is 0.303 e. The normalized spacial score (nSPS) is 18.8. The van der Waals surface area contributed by atoms with Crippen molar-refractivity contribution < 1.29 is 0 Å². The summed E-state index contributed by atoms with van der Waals surface area (Å²) >= 11 is 8.81. The molecule has 1 aromatic rings. The Labute approximate surface area is 131 Å². The molecule has 1 aromatic carbocycles. The number of rotatable bonds is 2. The number of aliphatic imine (C=N–C) groups is 1. The van der Waals surface area contributed by atoms with Crippen molar-refractivity contribution in [3.05, 3.63) is 45.5 Å². The Balaban J connectivity index is 2.53. The molecule has 1 heterocycles. The highest BCUT2D eigenvalue weighted by Gasteiger charge is 2.31. The minimum atomic E-state index is -0.284. The van der Waals surface area contributed by atoms with E-state index < -0.39 is 0 Å². The van der Waals surface area contributed by atoms with Crippen LogP contribution in [0.15, 0.2) is 39.9 Å². The first-order valence-corrected chi connectivity index (χ1v) is 8.60. The van der Waals surface area contributed by atoms with Crippen molar-refractivity contribution in [1.29, 1.82) is 10.7 Å². The van der Waals surface area contributed by atoms with Crippen LogP contribution in [0.5, 0.6) is 0 Å². The van der Waals surface area contributed by atoms with E-state index in [1.54, 1.807) is 12.1 Å². The highest BCUT2D eigenvalue weighted by molar-refractivity contribution is 8.13. The van der Waals surface area contributed by atoms with Crippen LogP contribution in [0.3, 0.4) is 0 Å². The van der Waals surface area contributed by atoms with Crippen LogP contribution in [0.2, 0.25) is 5.02 Å². The van der Waals surface area contributed by atoms with Gasteiger partial charge in [-0.15, -0.1) is 23.5 Å². The zero-order valence-corrected chi connectivity index (χ0v) is 13.4. The van der Waals surface area contributed by atoms with Crippen molar-refractivity contribution in [1.82, 2.24) is 0 Å². The van der Waals surface area contributed by atoms with Gasteiger partial charge in [-0.25, -0.2) is 4.99 Å². The maximum atomic E-state index is 9.27. The Morgan fingerprint density at radius 3 is 2.40 bits per heavy atom. The lowest BCUT2D eigenvalue weighted by atomic mass is 9.90. The number of allylic oxidation sites excluding steroid dienone is 1. The Hall–Kier alpha value is -1.22. The summed E-state index contributed by atoms with van der Waals surface area (Å²) in [5, 5.41) is 19.7. The molecule has 1 atom stereocenters. The monoisotopic (exact) mass is 321 g/mol. The first-order chi connectivity index (χ1) is 9.62. The second kappa shape index (κ2) is 6.49. The minimum Gasteiger partial charge on any atom is -0.303 e. The SMILES string of the molecule is CSC1=NC(SC)=C(C#N)C(=N)C1c1ccc(Cl)cc1. The minimum absolute atomic E-state index is 0.284. The van der Waals surface area contributed by atoms with Crippen molar-refractivity contribution in [2.24, 2.45) is 4.99 Å². The molecular formula is C14H12ClN3S2. The van der Waals surface area contributed by atoms with Gasteiger partial charge in [0.2, 0.25) is 0 Å². The van der Waals surface area contributed by atoms with Crippen LogP contribution < -0.4 is 0 Å². The zero-order chi connectivity index (χ0) is 14.7. The molecule has 0 spiro atoms. The van der Waals surface area contributed by atoms with Crippen LogP contribution in [0.1, 0.15) is 11.5 Å². The molecule has 0 aliphatic carbocycles. The molecule has 0 saturated heterocycles. The first-order valence-electron chi connectivity index (χ1n) is 5.77. The van der Waals surface area contributed by atoms with Crippen LogP contribution >= 0.6 is 35.1 Å². The number of thioether (sulfide) groups is 2. The number of nitrogens with zero attached hydrogens (tertiary/aromatic N) is 2. The Morgan fingerprint density at radius 2 is 1.90 bits per heavy atom. The van der Waals surface area contributed by atoms with Gasteiger partial charge in [-0.3, -0.25) is 0 Å². The summed E-state index contributed by atoms with van der Waals surface area (Å²) in [6.45, 7) is 0. The number of hydrogen-bond acceptors (Lipinski definition) is 5. The summed E-state index contributed by atoms with van der Waals surface area (Å²) in [4.78, 5) is 4.53. The number of nitrogens with one attached hydrogen (secondary N) is 1. The van der Waals surface area contributed by atoms with E-state index in [1.165, 1.54) is 23.5 Å². The van der Waals surface area contributed by atoms with E-state index in [0.717, 1.165) is 10.6 Å². The zero-order valence-electron chi connectivity index (χ0n) is 11.0. The van der Waals surface area contributed by atoms with Crippen molar-refractivity contribution in [3.63, 3.8) is 0 Å². The van der Waals surface area contributed by atoms with E-state index in [-0.39, 0.29) is 5.92 Å². The molecule has 0 amide bonds. The summed E-state index contributed by atoms with van der Waals surface area (Å²) in [6, 6.07) is 9.45. The average molecular weight is 322 g/mol. The molecular weight excluding hydrogens is 310 g/mol. The van der Waals surface area contributed by atoms with Crippen molar-refractivity contribution in [2.75, 3.05) is 12.5 Å². The molecule has 0 radical (unpaired) electrons. The summed E-state index contributed by atoms with van der Waals surface area (Å²) in [6.07, 6.45) is 3.80. The summed E-state index contributed by atoms with van der Waals surface area (Å²) in [7, 11) is 0.